The van der Waals surface area contributed by atoms with Gasteiger partial charge < -0.3 is 10.6 Å². The van der Waals surface area contributed by atoms with Crippen molar-refractivity contribution in [2.24, 2.45) is 11.8 Å². The summed E-state index contributed by atoms with van der Waals surface area (Å²) in [5.41, 5.74) is 2.56. The van der Waals surface area contributed by atoms with Gasteiger partial charge in [-0.2, -0.15) is 0 Å². The number of hydrogen-bond donors (Lipinski definition) is 2. The molecule has 0 spiro atoms. The van der Waals surface area contributed by atoms with Crippen LogP contribution >= 0.6 is 11.3 Å². The van der Waals surface area contributed by atoms with Crippen LogP contribution in [0.15, 0.2) is 29.6 Å². The van der Waals surface area contributed by atoms with Crippen LogP contribution in [0, 0.1) is 11.8 Å². The lowest BCUT2D eigenvalue weighted by molar-refractivity contribution is -0.118. The van der Waals surface area contributed by atoms with Crippen molar-refractivity contribution in [3.63, 3.8) is 0 Å². The molecule has 5 nitrogen and oxygen atoms in total. The largest absolute Gasteiger partial charge is 0.326 e. The Morgan fingerprint density at radius 2 is 1.96 bits per heavy atom. The second-order valence-corrected chi connectivity index (χ2v) is 7.08. The standard InChI is InChI=1S/C18H21N3O2S/c1-3-4-16(22)19-13-7-5-12(6-8-13)15-10-24-18(20-15)21-17(23)14-9-11(14)2/h5-8,10-11,14H,3-4,9H2,1-2H3,(H,19,22)(H,20,21,23)/t11-,14-/m0/s1. The summed E-state index contributed by atoms with van der Waals surface area (Å²) in [6, 6.07) is 7.58. The third kappa shape index (κ3) is 4.00. The van der Waals surface area contributed by atoms with Gasteiger partial charge in [-0.05, 0) is 30.9 Å². The van der Waals surface area contributed by atoms with Crippen molar-refractivity contribution in [1.29, 1.82) is 0 Å². The van der Waals surface area contributed by atoms with Gasteiger partial charge in [0.1, 0.15) is 0 Å². The van der Waals surface area contributed by atoms with E-state index in [1.807, 2.05) is 36.6 Å². The van der Waals surface area contributed by atoms with Gasteiger partial charge in [-0.25, -0.2) is 4.98 Å². The molecule has 0 unspecified atom stereocenters. The smallest absolute Gasteiger partial charge is 0.229 e. The molecule has 1 aromatic carbocycles. The minimum absolute atomic E-state index is 0.0261. The van der Waals surface area contributed by atoms with E-state index in [4.69, 9.17) is 0 Å². The van der Waals surface area contributed by atoms with Gasteiger partial charge in [0.05, 0.1) is 5.69 Å². The van der Waals surface area contributed by atoms with Crippen LogP contribution in [-0.4, -0.2) is 16.8 Å². The first-order valence-electron chi connectivity index (χ1n) is 8.23. The number of aromatic nitrogens is 1. The van der Waals surface area contributed by atoms with Gasteiger partial charge in [0, 0.05) is 29.0 Å². The number of anilines is 2. The lowest BCUT2D eigenvalue weighted by atomic mass is 10.1. The van der Waals surface area contributed by atoms with E-state index in [-0.39, 0.29) is 17.7 Å². The maximum Gasteiger partial charge on any atom is 0.229 e. The molecule has 1 saturated carbocycles. The number of rotatable bonds is 6. The normalized spacial score (nSPS) is 18.9. The highest BCUT2D eigenvalue weighted by molar-refractivity contribution is 7.14. The van der Waals surface area contributed by atoms with Crippen molar-refractivity contribution in [2.75, 3.05) is 10.6 Å². The molecule has 126 valence electrons. The van der Waals surface area contributed by atoms with Gasteiger partial charge in [-0.1, -0.05) is 26.0 Å². The molecule has 2 N–H and O–H groups in total. The quantitative estimate of drug-likeness (QED) is 0.828. The third-order valence-corrected chi connectivity index (χ3v) is 4.88. The van der Waals surface area contributed by atoms with Gasteiger partial charge in [-0.15, -0.1) is 11.3 Å². The number of thiazole rings is 1. The van der Waals surface area contributed by atoms with E-state index in [0.29, 0.717) is 17.5 Å². The fraction of sp³-hybridized carbons (Fsp3) is 0.389. The second-order valence-electron chi connectivity index (χ2n) is 6.22. The highest BCUT2D eigenvalue weighted by atomic mass is 32.1. The minimum Gasteiger partial charge on any atom is -0.326 e. The third-order valence-electron chi connectivity index (χ3n) is 4.12. The molecular formula is C18H21N3O2S. The number of amides is 2. The zero-order chi connectivity index (χ0) is 17.1. The molecule has 1 aliphatic carbocycles. The van der Waals surface area contributed by atoms with Gasteiger partial charge >= 0.3 is 0 Å². The number of benzene rings is 1. The Labute approximate surface area is 145 Å². The summed E-state index contributed by atoms with van der Waals surface area (Å²) in [5, 5.41) is 8.31. The Morgan fingerprint density at radius 3 is 2.58 bits per heavy atom. The van der Waals surface area contributed by atoms with E-state index in [0.717, 1.165) is 29.8 Å². The molecule has 0 radical (unpaired) electrons. The average Bonchev–Trinajstić information content (AvgIpc) is 3.11. The molecule has 1 fully saturated rings. The van der Waals surface area contributed by atoms with Crippen molar-refractivity contribution in [1.82, 2.24) is 4.98 Å². The van der Waals surface area contributed by atoms with E-state index < -0.39 is 0 Å². The SMILES string of the molecule is CCCC(=O)Nc1ccc(-c2csc(NC(=O)[C@H]3C[C@@H]3C)n2)cc1. The van der Waals surface area contributed by atoms with Crippen LogP contribution in [0.3, 0.4) is 0 Å². The molecule has 0 saturated heterocycles. The molecular weight excluding hydrogens is 322 g/mol. The zero-order valence-electron chi connectivity index (χ0n) is 13.8. The zero-order valence-corrected chi connectivity index (χ0v) is 14.7. The Hall–Kier alpha value is -2.21. The van der Waals surface area contributed by atoms with Gasteiger partial charge in [0.2, 0.25) is 11.8 Å². The molecule has 1 aliphatic rings. The molecule has 3 rings (SSSR count). The predicted molar refractivity (Wildman–Crippen MR) is 97.0 cm³/mol. The number of hydrogen-bond acceptors (Lipinski definition) is 4. The molecule has 6 heteroatoms. The summed E-state index contributed by atoms with van der Waals surface area (Å²) in [7, 11) is 0. The fourth-order valence-corrected chi connectivity index (χ4v) is 3.25. The number of carbonyl (C=O) groups is 2. The summed E-state index contributed by atoms with van der Waals surface area (Å²) >= 11 is 1.43. The van der Waals surface area contributed by atoms with E-state index in [1.165, 1.54) is 11.3 Å². The molecule has 1 aromatic heterocycles. The van der Waals surface area contributed by atoms with E-state index in [9.17, 15) is 9.59 Å². The fourth-order valence-electron chi connectivity index (χ4n) is 2.52. The number of carbonyl (C=O) groups excluding carboxylic acids is 2. The molecule has 0 bridgehead atoms. The molecule has 0 aliphatic heterocycles. The van der Waals surface area contributed by atoms with Crippen LogP contribution in [-0.2, 0) is 9.59 Å². The van der Waals surface area contributed by atoms with Crippen LogP contribution in [0.1, 0.15) is 33.1 Å². The van der Waals surface area contributed by atoms with Crippen molar-refractivity contribution in [3.05, 3.63) is 29.6 Å². The monoisotopic (exact) mass is 343 g/mol. The summed E-state index contributed by atoms with van der Waals surface area (Å²) in [6.07, 6.45) is 2.32. The lowest BCUT2D eigenvalue weighted by Gasteiger charge is -2.05. The summed E-state index contributed by atoms with van der Waals surface area (Å²) in [5.74, 6) is 0.721. The first-order valence-corrected chi connectivity index (χ1v) is 9.11. The van der Waals surface area contributed by atoms with E-state index in [1.54, 1.807) is 0 Å². The highest BCUT2D eigenvalue weighted by Gasteiger charge is 2.39. The Morgan fingerprint density at radius 1 is 1.25 bits per heavy atom. The van der Waals surface area contributed by atoms with Crippen molar-refractivity contribution < 1.29 is 9.59 Å². The summed E-state index contributed by atoms with van der Waals surface area (Å²) < 4.78 is 0. The summed E-state index contributed by atoms with van der Waals surface area (Å²) in [6.45, 7) is 4.06. The molecule has 2 atom stereocenters. The van der Waals surface area contributed by atoms with Gasteiger partial charge in [-0.3, -0.25) is 9.59 Å². The van der Waals surface area contributed by atoms with Crippen LogP contribution in [0.5, 0.6) is 0 Å². The maximum atomic E-state index is 11.9. The molecule has 24 heavy (non-hydrogen) atoms. The van der Waals surface area contributed by atoms with Crippen molar-refractivity contribution in [3.8, 4) is 11.3 Å². The first kappa shape index (κ1) is 16.6. The average molecular weight is 343 g/mol. The lowest BCUT2D eigenvalue weighted by Crippen LogP contribution is -2.14. The summed E-state index contributed by atoms with van der Waals surface area (Å²) in [4.78, 5) is 28.0. The Balaban J connectivity index is 1.62. The second kappa shape index (κ2) is 7.13. The predicted octanol–water partition coefficient (Wildman–Crippen LogP) is 4.14. The van der Waals surface area contributed by atoms with Gasteiger partial charge in [0.25, 0.3) is 0 Å². The topological polar surface area (TPSA) is 71.1 Å². The van der Waals surface area contributed by atoms with E-state index in [2.05, 4.69) is 22.5 Å². The van der Waals surface area contributed by atoms with Crippen molar-refractivity contribution >= 4 is 34.0 Å². The molecule has 1 heterocycles. The van der Waals surface area contributed by atoms with Crippen molar-refractivity contribution in [2.45, 2.75) is 33.1 Å². The molecule has 2 aromatic rings. The number of nitrogens with zero attached hydrogens (tertiary/aromatic N) is 1. The van der Waals surface area contributed by atoms with Crippen LogP contribution in [0.4, 0.5) is 10.8 Å². The first-order chi connectivity index (χ1) is 11.6. The van der Waals surface area contributed by atoms with Gasteiger partial charge in [0.15, 0.2) is 5.13 Å². The van der Waals surface area contributed by atoms with Crippen LogP contribution in [0.2, 0.25) is 0 Å². The maximum absolute atomic E-state index is 11.9. The van der Waals surface area contributed by atoms with Crippen LogP contribution in [0.25, 0.3) is 11.3 Å². The Bertz CT molecular complexity index is 739. The van der Waals surface area contributed by atoms with Crippen LogP contribution < -0.4 is 10.6 Å². The molecule has 2 amide bonds. The highest BCUT2D eigenvalue weighted by Crippen LogP contribution is 2.38. The van der Waals surface area contributed by atoms with E-state index >= 15 is 0 Å². The minimum atomic E-state index is 0.0261. The Kier molecular flexibility index (Phi) is 4.94. The number of nitrogens with one attached hydrogen (secondary N) is 2.